The molecule has 0 spiro atoms. The molecule has 1 rings (SSSR count). The monoisotopic (exact) mass is 276 g/mol. The van der Waals surface area contributed by atoms with Gasteiger partial charge < -0.3 is 10.5 Å². The van der Waals surface area contributed by atoms with Gasteiger partial charge in [-0.05, 0) is 6.07 Å². The summed E-state index contributed by atoms with van der Waals surface area (Å²) in [5.74, 6) is -5.51. The molecule has 9 heteroatoms. The Morgan fingerprint density at radius 3 is 2.35 bits per heavy atom. The lowest BCUT2D eigenvalue weighted by Gasteiger charge is -2.19. The van der Waals surface area contributed by atoms with Gasteiger partial charge in [-0.2, -0.15) is 22.0 Å². The van der Waals surface area contributed by atoms with E-state index < -0.39 is 24.6 Å². The fourth-order valence-electron chi connectivity index (χ4n) is 0.787. The maximum absolute atomic E-state index is 12.5. The smallest absolute Gasteiger partial charge is 0.456 e. The van der Waals surface area contributed by atoms with Gasteiger partial charge in [0.15, 0.2) is 6.61 Å². The molecule has 0 unspecified atom stereocenters. The molecule has 0 aliphatic heterocycles. The molecule has 0 saturated heterocycles. The van der Waals surface area contributed by atoms with Gasteiger partial charge in [0.2, 0.25) is 5.88 Å². The van der Waals surface area contributed by atoms with Crippen molar-refractivity contribution in [3.8, 4) is 5.88 Å². The molecule has 0 aliphatic carbocycles. The SMILES string of the molecule is Nc1cnc(OCC(F)(F)C(F)(F)F)c(Cl)c1. The average Bonchev–Trinajstić information content (AvgIpc) is 2.14. The summed E-state index contributed by atoms with van der Waals surface area (Å²) in [7, 11) is 0. The van der Waals surface area contributed by atoms with Crippen molar-refractivity contribution in [2.24, 2.45) is 0 Å². The summed E-state index contributed by atoms with van der Waals surface area (Å²) >= 11 is 5.48. The number of pyridine rings is 1. The third-order valence-electron chi connectivity index (χ3n) is 1.63. The van der Waals surface area contributed by atoms with Crippen molar-refractivity contribution >= 4 is 17.3 Å². The first-order chi connectivity index (χ1) is 7.63. The number of halogens is 6. The topological polar surface area (TPSA) is 48.1 Å². The van der Waals surface area contributed by atoms with E-state index in [1.165, 1.54) is 0 Å². The third-order valence-corrected chi connectivity index (χ3v) is 1.90. The number of aromatic nitrogens is 1. The minimum Gasteiger partial charge on any atom is -0.470 e. The van der Waals surface area contributed by atoms with Crippen LogP contribution in [0.4, 0.5) is 27.6 Å². The van der Waals surface area contributed by atoms with E-state index in [-0.39, 0.29) is 10.7 Å². The first-order valence-corrected chi connectivity index (χ1v) is 4.49. The van der Waals surface area contributed by atoms with E-state index in [9.17, 15) is 22.0 Å². The third kappa shape index (κ3) is 3.32. The zero-order valence-electron chi connectivity index (χ0n) is 8.06. The van der Waals surface area contributed by atoms with E-state index in [4.69, 9.17) is 17.3 Å². The first kappa shape index (κ1) is 13.8. The van der Waals surface area contributed by atoms with Crippen LogP contribution < -0.4 is 10.5 Å². The maximum Gasteiger partial charge on any atom is 0.456 e. The molecular weight excluding hydrogens is 271 g/mol. The van der Waals surface area contributed by atoms with Crippen LogP contribution in [0, 0.1) is 0 Å². The van der Waals surface area contributed by atoms with Crippen LogP contribution in [0.1, 0.15) is 0 Å². The predicted molar refractivity (Wildman–Crippen MR) is 50.2 cm³/mol. The van der Waals surface area contributed by atoms with Crippen LogP contribution in [0.25, 0.3) is 0 Å². The average molecular weight is 277 g/mol. The molecule has 0 bridgehead atoms. The molecule has 0 atom stereocenters. The number of nitrogens with zero attached hydrogens (tertiary/aromatic N) is 1. The van der Waals surface area contributed by atoms with Gasteiger partial charge in [-0.1, -0.05) is 11.6 Å². The molecule has 0 radical (unpaired) electrons. The molecule has 96 valence electrons. The lowest BCUT2D eigenvalue weighted by Crippen LogP contribution is -2.41. The molecule has 2 N–H and O–H groups in total. The standard InChI is InChI=1S/C8H6ClF5N2O/c9-5-1-4(15)2-16-6(5)17-3-7(10,11)8(12,13)14/h1-2H,3,15H2. The van der Waals surface area contributed by atoms with Gasteiger partial charge in [0.1, 0.15) is 5.02 Å². The summed E-state index contributed by atoms with van der Waals surface area (Å²) in [5.41, 5.74) is 5.38. The van der Waals surface area contributed by atoms with E-state index in [1.807, 2.05) is 0 Å². The molecular formula is C8H6ClF5N2O. The Labute approximate surface area is 97.3 Å². The number of nitrogens with two attached hydrogens (primary N) is 1. The van der Waals surface area contributed by atoms with Crippen molar-refractivity contribution in [1.29, 1.82) is 0 Å². The summed E-state index contributed by atoms with van der Waals surface area (Å²) in [6.07, 6.45) is -4.67. The predicted octanol–water partition coefficient (Wildman–Crippen LogP) is 2.89. The van der Waals surface area contributed by atoms with E-state index in [1.54, 1.807) is 0 Å². The molecule has 17 heavy (non-hydrogen) atoms. The molecule has 1 aromatic rings. The van der Waals surface area contributed by atoms with Gasteiger partial charge >= 0.3 is 12.1 Å². The highest BCUT2D eigenvalue weighted by Crippen LogP contribution is 2.36. The van der Waals surface area contributed by atoms with Gasteiger partial charge in [-0.25, -0.2) is 4.98 Å². The molecule has 0 amide bonds. The van der Waals surface area contributed by atoms with E-state index >= 15 is 0 Å². The van der Waals surface area contributed by atoms with Gasteiger partial charge in [0, 0.05) is 0 Å². The number of hydrogen-bond donors (Lipinski definition) is 1. The zero-order valence-corrected chi connectivity index (χ0v) is 8.82. The minimum absolute atomic E-state index is 0.130. The van der Waals surface area contributed by atoms with Crippen molar-refractivity contribution in [3.63, 3.8) is 0 Å². The van der Waals surface area contributed by atoms with E-state index in [0.717, 1.165) is 12.3 Å². The van der Waals surface area contributed by atoms with Gasteiger partial charge in [-0.3, -0.25) is 0 Å². The second kappa shape index (κ2) is 4.52. The Balaban J connectivity index is 2.74. The summed E-state index contributed by atoms with van der Waals surface area (Å²) in [6, 6.07) is 1.12. The van der Waals surface area contributed by atoms with Crippen LogP contribution in [-0.4, -0.2) is 23.7 Å². The van der Waals surface area contributed by atoms with Gasteiger partial charge in [0.25, 0.3) is 0 Å². The Bertz CT molecular complexity index is 409. The Kier molecular flexibility index (Phi) is 3.65. The van der Waals surface area contributed by atoms with Crippen LogP contribution in [0.15, 0.2) is 12.3 Å². The van der Waals surface area contributed by atoms with Crippen LogP contribution in [0.3, 0.4) is 0 Å². The second-order valence-corrected chi connectivity index (χ2v) is 3.45. The summed E-state index contributed by atoms with van der Waals surface area (Å²) in [4.78, 5) is 3.38. The molecule has 0 fully saturated rings. The Morgan fingerprint density at radius 1 is 1.29 bits per heavy atom. The fraction of sp³-hybridized carbons (Fsp3) is 0.375. The summed E-state index contributed by atoms with van der Waals surface area (Å²) in [5, 5.41) is -0.247. The molecule has 0 saturated carbocycles. The number of hydrogen-bond acceptors (Lipinski definition) is 3. The van der Waals surface area contributed by atoms with Crippen LogP contribution in [0.2, 0.25) is 5.02 Å². The molecule has 3 nitrogen and oxygen atoms in total. The quantitative estimate of drug-likeness (QED) is 0.864. The van der Waals surface area contributed by atoms with Crippen LogP contribution in [-0.2, 0) is 0 Å². The molecule has 0 aromatic carbocycles. The fourth-order valence-corrected chi connectivity index (χ4v) is 1.02. The number of nitrogen functional groups attached to an aromatic ring is 1. The van der Waals surface area contributed by atoms with E-state index in [0.29, 0.717) is 0 Å². The molecule has 1 aromatic heterocycles. The zero-order chi connectivity index (χ0) is 13.3. The summed E-state index contributed by atoms with van der Waals surface area (Å²) < 4.78 is 64.6. The summed E-state index contributed by atoms with van der Waals surface area (Å²) in [6.45, 7) is -1.90. The van der Waals surface area contributed by atoms with Crippen molar-refractivity contribution in [2.75, 3.05) is 12.3 Å². The highest BCUT2D eigenvalue weighted by Gasteiger charge is 2.58. The lowest BCUT2D eigenvalue weighted by atomic mass is 10.3. The number of ether oxygens (including phenoxy) is 1. The lowest BCUT2D eigenvalue weighted by molar-refractivity contribution is -0.290. The van der Waals surface area contributed by atoms with Crippen molar-refractivity contribution < 1.29 is 26.7 Å². The van der Waals surface area contributed by atoms with E-state index in [2.05, 4.69) is 9.72 Å². The number of alkyl halides is 5. The largest absolute Gasteiger partial charge is 0.470 e. The maximum atomic E-state index is 12.5. The number of rotatable bonds is 3. The highest BCUT2D eigenvalue weighted by atomic mass is 35.5. The molecule has 1 heterocycles. The van der Waals surface area contributed by atoms with Gasteiger partial charge in [0.05, 0.1) is 11.9 Å². The van der Waals surface area contributed by atoms with Crippen molar-refractivity contribution in [2.45, 2.75) is 12.1 Å². The van der Waals surface area contributed by atoms with Crippen LogP contribution in [0.5, 0.6) is 5.88 Å². The van der Waals surface area contributed by atoms with Crippen LogP contribution >= 0.6 is 11.6 Å². The highest BCUT2D eigenvalue weighted by molar-refractivity contribution is 6.32. The van der Waals surface area contributed by atoms with Crippen molar-refractivity contribution in [1.82, 2.24) is 4.98 Å². The Hall–Kier alpha value is -1.31. The minimum atomic E-state index is -5.69. The van der Waals surface area contributed by atoms with Crippen molar-refractivity contribution in [3.05, 3.63) is 17.3 Å². The normalized spacial score (nSPS) is 12.6. The Morgan fingerprint density at radius 2 is 1.88 bits per heavy atom. The first-order valence-electron chi connectivity index (χ1n) is 4.12. The number of anilines is 1. The molecule has 0 aliphatic rings. The second-order valence-electron chi connectivity index (χ2n) is 3.05. The van der Waals surface area contributed by atoms with Gasteiger partial charge in [-0.15, -0.1) is 0 Å².